The zero-order chi connectivity index (χ0) is 5.28. The lowest BCUT2D eigenvalue weighted by Crippen LogP contribution is -1.50. The van der Waals surface area contributed by atoms with Crippen LogP contribution in [0.25, 0.3) is 0 Å². The number of furan rings is 1. The van der Waals surface area contributed by atoms with Gasteiger partial charge in [0.25, 0.3) is 5.95 Å². The van der Waals surface area contributed by atoms with E-state index in [1.54, 1.807) is 13.0 Å². The summed E-state index contributed by atoms with van der Waals surface area (Å²) in [7, 11) is 0. The summed E-state index contributed by atoms with van der Waals surface area (Å²) in [5, 5.41) is 8.49. The van der Waals surface area contributed by atoms with Crippen molar-refractivity contribution in [2.45, 2.75) is 6.92 Å². The third-order valence-electron chi connectivity index (χ3n) is 0.726. The molecular formula is C5H6O2. The van der Waals surface area contributed by atoms with Gasteiger partial charge in [0, 0.05) is 6.07 Å². The Kier molecular flexibility index (Phi) is 0.785. The van der Waals surface area contributed by atoms with Crippen molar-refractivity contribution < 1.29 is 9.52 Å². The Morgan fingerprint density at radius 1 is 1.57 bits per heavy atom. The maximum atomic E-state index is 8.49. The third-order valence-corrected chi connectivity index (χ3v) is 0.726. The van der Waals surface area contributed by atoms with Crippen molar-refractivity contribution in [1.82, 2.24) is 0 Å². The van der Waals surface area contributed by atoms with Gasteiger partial charge >= 0.3 is 0 Å². The molecule has 1 aromatic heterocycles. The summed E-state index contributed by atoms with van der Waals surface area (Å²) >= 11 is 0. The largest absolute Gasteiger partial charge is 0.481 e. The van der Waals surface area contributed by atoms with Crippen LogP contribution < -0.4 is 0 Å². The first-order valence-corrected chi connectivity index (χ1v) is 2.04. The summed E-state index contributed by atoms with van der Waals surface area (Å²) in [4.78, 5) is 0. The normalized spacial score (nSPS) is 9.29. The van der Waals surface area contributed by atoms with Crippen molar-refractivity contribution in [3.8, 4) is 5.95 Å². The standard InChI is InChI=1S/C5H6O2/c1-4-2-3-5(6)7-4/h2-3,6H,1H3. The van der Waals surface area contributed by atoms with Gasteiger partial charge in [0.1, 0.15) is 5.76 Å². The number of aromatic hydroxyl groups is 1. The average Bonchev–Trinajstić information content (AvgIpc) is 1.87. The molecule has 0 spiro atoms. The molecule has 1 heterocycles. The van der Waals surface area contributed by atoms with Gasteiger partial charge in [0.15, 0.2) is 0 Å². The van der Waals surface area contributed by atoms with Crippen LogP contribution in [0, 0.1) is 6.92 Å². The average molecular weight is 98.1 g/mol. The molecule has 38 valence electrons. The van der Waals surface area contributed by atoms with Crippen LogP contribution in [0.5, 0.6) is 5.95 Å². The summed E-state index contributed by atoms with van der Waals surface area (Å²) in [5.41, 5.74) is 0. The molecule has 0 amide bonds. The van der Waals surface area contributed by atoms with E-state index in [9.17, 15) is 0 Å². The zero-order valence-corrected chi connectivity index (χ0v) is 4.01. The first kappa shape index (κ1) is 4.24. The highest BCUT2D eigenvalue weighted by atomic mass is 16.5. The highest BCUT2D eigenvalue weighted by Gasteiger charge is 1.88. The summed E-state index contributed by atoms with van der Waals surface area (Å²) < 4.78 is 4.64. The summed E-state index contributed by atoms with van der Waals surface area (Å²) in [6.45, 7) is 1.78. The van der Waals surface area contributed by atoms with Gasteiger partial charge in [-0.25, -0.2) is 0 Å². The summed E-state index contributed by atoms with van der Waals surface area (Å²) in [6, 6.07) is 3.21. The van der Waals surface area contributed by atoms with Gasteiger partial charge in [-0.2, -0.15) is 0 Å². The Hall–Kier alpha value is -0.920. The van der Waals surface area contributed by atoms with Gasteiger partial charge in [-0.1, -0.05) is 0 Å². The van der Waals surface area contributed by atoms with Crippen molar-refractivity contribution in [2.75, 3.05) is 0 Å². The lowest BCUT2D eigenvalue weighted by molar-refractivity contribution is 0.324. The maximum Gasteiger partial charge on any atom is 0.281 e. The van der Waals surface area contributed by atoms with E-state index in [2.05, 4.69) is 4.42 Å². The van der Waals surface area contributed by atoms with Crippen molar-refractivity contribution >= 4 is 0 Å². The molecular weight excluding hydrogens is 92.1 g/mol. The fourth-order valence-corrected chi connectivity index (χ4v) is 0.422. The van der Waals surface area contributed by atoms with E-state index in [4.69, 9.17) is 5.11 Å². The van der Waals surface area contributed by atoms with Gasteiger partial charge in [0.05, 0.1) is 0 Å². The molecule has 0 unspecified atom stereocenters. The second-order valence-electron chi connectivity index (χ2n) is 1.38. The van der Waals surface area contributed by atoms with Crippen molar-refractivity contribution in [1.29, 1.82) is 0 Å². The predicted octanol–water partition coefficient (Wildman–Crippen LogP) is 1.29. The van der Waals surface area contributed by atoms with E-state index in [0.29, 0.717) is 0 Å². The zero-order valence-electron chi connectivity index (χ0n) is 4.01. The van der Waals surface area contributed by atoms with Gasteiger partial charge in [-0.15, -0.1) is 0 Å². The molecule has 2 nitrogen and oxygen atoms in total. The van der Waals surface area contributed by atoms with E-state index in [1.165, 1.54) is 6.07 Å². The SMILES string of the molecule is Cc1ccc(O)o1. The molecule has 0 saturated carbocycles. The highest BCUT2D eigenvalue weighted by molar-refractivity contribution is 5.07. The van der Waals surface area contributed by atoms with Crippen LogP contribution in [-0.4, -0.2) is 5.11 Å². The first-order valence-electron chi connectivity index (χ1n) is 2.04. The minimum Gasteiger partial charge on any atom is -0.481 e. The van der Waals surface area contributed by atoms with E-state index in [-0.39, 0.29) is 5.95 Å². The number of rotatable bonds is 0. The molecule has 0 bridgehead atoms. The smallest absolute Gasteiger partial charge is 0.281 e. The molecule has 7 heavy (non-hydrogen) atoms. The van der Waals surface area contributed by atoms with Crippen molar-refractivity contribution in [2.24, 2.45) is 0 Å². The molecule has 0 aromatic carbocycles. The predicted molar refractivity (Wildman–Crippen MR) is 25.1 cm³/mol. The molecule has 0 aliphatic heterocycles. The summed E-state index contributed by atoms with van der Waals surface area (Å²) in [6.07, 6.45) is 0. The van der Waals surface area contributed by atoms with Gasteiger partial charge in [-0.3, -0.25) is 0 Å². The quantitative estimate of drug-likeness (QED) is 0.530. The molecule has 0 aliphatic carbocycles. The second-order valence-corrected chi connectivity index (χ2v) is 1.38. The van der Waals surface area contributed by atoms with Crippen LogP contribution in [-0.2, 0) is 0 Å². The Bertz CT molecular complexity index is 138. The van der Waals surface area contributed by atoms with E-state index < -0.39 is 0 Å². The van der Waals surface area contributed by atoms with Crippen LogP contribution in [0.15, 0.2) is 16.5 Å². The van der Waals surface area contributed by atoms with E-state index >= 15 is 0 Å². The highest BCUT2D eigenvalue weighted by Crippen LogP contribution is 2.10. The Morgan fingerprint density at radius 3 is 2.43 bits per heavy atom. The van der Waals surface area contributed by atoms with Crippen molar-refractivity contribution in [3.05, 3.63) is 17.9 Å². The van der Waals surface area contributed by atoms with Crippen LogP contribution in [0.1, 0.15) is 5.76 Å². The topological polar surface area (TPSA) is 33.4 Å². The molecule has 0 radical (unpaired) electrons. The van der Waals surface area contributed by atoms with Gasteiger partial charge < -0.3 is 9.52 Å². The van der Waals surface area contributed by atoms with Crippen LogP contribution in [0.2, 0.25) is 0 Å². The fourth-order valence-electron chi connectivity index (χ4n) is 0.422. The summed E-state index contributed by atoms with van der Waals surface area (Å²) in [5.74, 6) is 0.718. The first-order chi connectivity index (χ1) is 3.29. The van der Waals surface area contributed by atoms with E-state index in [1.807, 2.05) is 0 Å². The van der Waals surface area contributed by atoms with Gasteiger partial charge in [0.2, 0.25) is 0 Å². The fraction of sp³-hybridized carbons (Fsp3) is 0.200. The number of aryl methyl sites for hydroxylation is 1. The molecule has 2 heteroatoms. The monoisotopic (exact) mass is 98.0 g/mol. The maximum absolute atomic E-state index is 8.49. The number of hydrogen-bond donors (Lipinski definition) is 1. The van der Waals surface area contributed by atoms with Crippen LogP contribution in [0.4, 0.5) is 0 Å². The van der Waals surface area contributed by atoms with Crippen LogP contribution in [0.3, 0.4) is 0 Å². The molecule has 0 aliphatic rings. The van der Waals surface area contributed by atoms with E-state index in [0.717, 1.165) is 5.76 Å². The molecule has 0 fully saturated rings. The molecule has 0 atom stereocenters. The molecule has 0 saturated heterocycles. The molecule has 1 rings (SSSR count). The Labute approximate surface area is 41.4 Å². The van der Waals surface area contributed by atoms with Crippen molar-refractivity contribution in [3.63, 3.8) is 0 Å². The van der Waals surface area contributed by atoms with Gasteiger partial charge in [-0.05, 0) is 13.0 Å². The van der Waals surface area contributed by atoms with Crippen LogP contribution >= 0.6 is 0 Å². The molecule has 1 N–H and O–H groups in total. The minimum absolute atomic E-state index is 0.0162. The Balaban J connectivity index is 3.04. The second kappa shape index (κ2) is 1.30. The Morgan fingerprint density at radius 2 is 2.29 bits per heavy atom. The minimum atomic E-state index is -0.0162. The lowest BCUT2D eigenvalue weighted by atomic mass is 10.5. The lowest BCUT2D eigenvalue weighted by Gasteiger charge is -1.75. The number of hydrogen-bond acceptors (Lipinski definition) is 2. The third kappa shape index (κ3) is 0.738. The molecule has 1 aromatic rings.